The van der Waals surface area contributed by atoms with Gasteiger partial charge in [-0.05, 0) is 45.1 Å². The zero-order chi connectivity index (χ0) is 19.8. The molecular weight excluding hydrogens is 363 g/mol. The third kappa shape index (κ3) is 3.12. The number of likely N-dealkylation sites (tertiary alicyclic amines) is 1. The lowest BCUT2D eigenvalue weighted by Crippen LogP contribution is -2.52. The van der Waals surface area contributed by atoms with Gasteiger partial charge in [0.2, 0.25) is 5.95 Å². The molecule has 1 aromatic rings. The second-order valence-corrected chi connectivity index (χ2v) is 8.18. The number of fused-ring (bicyclic) bond motifs is 1. The van der Waals surface area contributed by atoms with Crippen LogP contribution < -0.4 is 4.90 Å². The molecule has 3 heterocycles. The second-order valence-electron chi connectivity index (χ2n) is 8.18. The SMILES string of the molecule is CCOC(=O)[C@]12CCCN(C(=O)C3(F)CCC3)C[C@H]1CN(c1ncccn1)C2. The van der Waals surface area contributed by atoms with E-state index in [9.17, 15) is 14.0 Å². The van der Waals surface area contributed by atoms with Crippen LogP contribution in [0.1, 0.15) is 39.0 Å². The summed E-state index contributed by atoms with van der Waals surface area (Å²) in [6.07, 6.45) is 5.98. The molecule has 152 valence electrons. The maximum Gasteiger partial charge on any atom is 0.314 e. The third-order valence-electron chi connectivity index (χ3n) is 6.52. The summed E-state index contributed by atoms with van der Waals surface area (Å²) in [5, 5.41) is 0. The van der Waals surface area contributed by atoms with Gasteiger partial charge in [-0.25, -0.2) is 14.4 Å². The number of rotatable bonds is 4. The molecule has 1 aliphatic carbocycles. The van der Waals surface area contributed by atoms with Gasteiger partial charge in [-0.2, -0.15) is 0 Å². The molecule has 7 nitrogen and oxygen atoms in total. The number of halogens is 1. The Balaban J connectivity index is 1.60. The first-order valence-corrected chi connectivity index (χ1v) is 10.2. The van der Waals surface area contributed by atoms with E-state index in [1.807, 2.05) is 4.90 Å². The Bertz CT molecular complexity index is 742. The van der Waals surface area contributed by atoms with Gasteiger partial charge < -0.3 is 14.5 Å². The van der Waals surface area contributed by atoms with Gasteiger partial charge in [0, 0.05) is 44.5 Å². The number of amides is 1. The summed E-state index contributed by atoms with van der Waals surface area (Å²) in [5.41, 5.74) is -2.43. The molecule has 3 aliphatic rings. The van der Waals surface area contributed by atoms with Crippen LogP contribution in [0.15, 0.2) is 18.5 Å². The molecule has 1 aromatic heterocycles. The maximum absolute atomic E-state index is 14.8. The molecule has 4 rings (SSSR count). The molecule has 1 saturated carbocycles. The van der Waals surface area contributed by atoms with E-state index >= 15 is 0 Å². The summed E-state index contributed by atoms with van der Waals surface area (Å²) >= 11 is 0. The van der Waals surface area contributed by atoms with Crippen molar-refractivity contribution in [3.8, 4) is 0 Å². The zero-order valence-corrected chi connectivity index (χ0v) is 16.3. The quantitative estimate of drug-likeness (QED) is 0.732. The van der Waals surface area contributed by atoms with Crippen LogP contribution in [0.5, 0.6) is 0 Å². The summed E-state index contributed by atoms with van der Waals surface area (Å²) < 4.78 is 20.2. The number of nitrogens with zero attached hydrogens (tertiary/aromatic N) is 4. The first-order valence-electron chi connectivity index (χ1n) is 10.2. The van der Waals surface area contributed by atoms with Crippen LogP contribution in [0.2, 0.25) is 0 Å². The molecular formula is C20H27FN4O3. The van der Waals surface area contributed by atoms with E-state index in [0.29, 0.717) is 64.4 Å². The molecule has 2 aliphatic heterocycles. The monoisotopic (exact) mass is 390 g/mol. The number of hydrogen-bond donors (Lipinski definition) is 0. The average Bonchev–Trinajstić information content (AvgIpc) is 2.95. The van der Waals surface area contributed by atoms with Crippen LogP contribution in [0.3, 0.4) is 0 Å². The number of ether oxygens (including phenoxy) is 1. The number of carbonyl (C=O) groups is 2. The first-order chi connectivity index (χ1) is 13.5. The van der Waals surface area contributed by atoms with Crippen molar-refractivity contribution in [2.24, 2.45) is 11.3 Å². The lowest BCUT2D eigenvalue weighted by atomic mass is 9.75. The molecule has 0 N–H and O–H groups in total. The Kier molecular flexibility index (Phi) is 4.97. The van der Waals surface area contributed by atoms with Gasteiger partial charge in [-0.3, -0.25) is 9.59 Å². The number of carbonyl (C=O) groups excluding carboxylic acids is 2. The number of hydrogen-bond acceptors (Lipinski definition) is 6. The molecule has 3 fully saturated rings. The van der Waals surface area contributed by atoms with Crippen LogP contribution in [-0.4, -0.2) is 65.2 Å². The Labute approximate surface area is 164 Å². The lowest BCUT2D eigenvalue weighted by Gasteiger charge is -2.38. The second kappa shape index (κ2) is 7.29. The van der Waals surface area contributed by atoms with E-state index < -0.39 is 17.0 Å². The van der Waals surface area contributed by atoms with Gasteiger partial charge in [-0.1, -0.05) is 0 Å². The molecule has 28 heavy (non-hydrogen) atoms. The van der Waals surface area contributed by atoms with Crippen LogP contribution in [0, 0.1) is 11.3 Å². The Hall–Kier alpha value is -2.25. The summed E-state index contributed by atoms with van der Waals surface area (Å²) in [6, 6.07) is 1.75. The van der Waals surface area contributed by atoms with Crippen LogP contribution in [0.4, 0.5) is 10.3 Å². The molecule has 2 saturated heterocycles. The van der Waals surface area contributed by atoms with Crippen molar-refractivity contribution in [3.63, 3.8) is 0 Å². The molecule has 0 bridgehead atoms. The van der Waals surface area contributed by atoms with Crippen molar-refractivity contribution in [1.29, 1.82) is 0 Å². The van der Waals surface area contributed by atoms with Crippen LogP contribution >= 0.6 is 0 Å². The molecule has 1 amide bonds. The van der Waals surface area contributed by atoms with Gasteiger partial charge in [0.05, 0.1) is 12.0 Å². The van der Waals surface area contributed by atoms with E-state index in [1.165, 1.54) is 0 Å². The summed E-state index contributed by atoms with van der Waals surface area (Å²) in [6.45, 7) is 3.98. The van der Waals surface area contributed by atoms with E-state index in [-0.39, 0.29) is 11.9 Å². The maximum atomic E-state index is 14.8. The average molecular weight is 390 g/mol. The summed E-state index contributed by atoms with van der Waals surface area (Å²) in [4.78, 5) is 38.1. The predicted molar refractivity (Wildman–Crippen MR) is 100 cm³/mol. The predicted octanol–water partition coefficient (Wildman–Crippen LogP) is 1.98. The Morgan fingerprint density at radius 1 is 1.21 bits per heavy atom. The lowest BCUT2D eigenvalue weighted by molar-refractivity contribution is -0.158. The summed E-state index contributed by atoms with van der Waals surface area (Å²) in [5.74, 6) is -0.206. The number of esters is 1. The van der Waals surface area contributed by atoms with Gasteiger partial charge in [-0.15, -0.1) is 0 Å². The summed E-state index contributed by atoms with van der Waals surface area (Å²) in [7, 11) is 0. The number of anilines is 1. The standard InChI is InChI=1S/C20H27FN4O3/c1-2-28-17(27)19-6-4-11-24(16(26)20(21)7-3-8-20)12-15(19)13-25(14-19)18-22-9-5-10-23-18/h5,9-10,15H,2-4,6-8,11-14H2,1H3/t15-,19-/m0/s1. The van der Waals surface area contributed by atoms with Gasteiger partial charge in [0.25, 0.3) is 5.91 Å². The molecule has 0 unspecified atom stereocenters. The largest absolute Gasteiger partial charge is 0.466 e. The third-order valence-corrected chi connectivity index (χ3v) is 6.52. The Morgan fingerprint density at radius 2 is 1.96 bits per heavy atom. The van der Waals surface area contributed by atoms with Crippen LogP contribution in [0.25, 0.3) is 0 Å². The van der Waals surface area contributed by atoms with Crippen molar-refractivity contribution in [2.75, 3.05) is 37.7 Å². The first kappa shape index (κ1) is 19.1. The molecule has 0 radical (unpaired) electrons. The normalized spacial score (nSPS) is 28.9. The van der Waals surface area contributed by atoms with E-state index in [1.54, 1.807) is 30.3 Å². The van der Waals surface area contributed by atoms with Gasteiger partial charge in [0.1, 0.15) is 0 Å². The van der Waals surface area contributed by atoms with E-state index in [0.717, 1.165) is 6.42 Å². The van der Waals surface area contributed by atoms with Crippen molar-refractivity contribution in [2.45, 2.75) is 44.7 Å². The van der Waals surface area contributed by atoms with E-state index in [2.05, 4.69) is 9.97 Å². The Morgan fingerprint density at radius 3 is 2.61 bits per heavy atom. The number of aromatic nitrogens is 2. The fourth-order valence-corrected chi connectivity index (χ4v) is 4.82. The van der Waals surface area contributed by atoms with Crippen molar-refractivity contribution >= 4 is 17.8 Å². The molecule has 0 spiro atoms. The minimum atomic E-state index is -1.71. The fraction of sp³-hybridized carbons (Fsp3) is 0.700. The zero-order valence-electron chi connectivity index (χ0n) is 16.3. The van der Waals surface area contributed by atoms with E-state index in [4.69, 9.17) is 4.74 Å². The highest BCUT2D eigenvalue weighted by Crippen LogP contribution is 2.46. The van der Waals surface area contributed by atoms with Gasteiger partial charge >= 0.3 is 5.97 Å². The highest BCUT2D eigenvalue weighted by atomic mass is 19.1. The van der Waals surface area contributed by atoms with Crippen molar-refractivity contribution in [1.82, 2.24) is 14.9 Å². The fourth-order valence-electron chi connectivity index (χ4n) is 4.82. The highest BCUT2D eigenvalue weighted by Gasteiger charge is 2.56. The number of alkyl halides is 1. The smallest absolute Gasteiger partial charge is 0.314 e. The molecule has 8 heteroatoms. The topological polar surface area (TPSA) is 75.6 Å². The molecule has 0 aromatic carbocycles. The highest BCUT2D eigenvalue weighted by molar-refractivity contribution is 5.86. The minimum absolute atomic E-state index is 0.134. The van der Waals surface area contributed by atoms with Gasteiger partial charge in [0.15, 0.2) is 5.67 Å². The van der Waals surface area contributed by atoms with Crippen molar-refractivity contribution < 1.29 is 18.7 Å². The minimum Gasteiger partial charge on any atom is -0.466 e. The van der Waals surface area contributed by atoms with Crippen molar-refractivity contribution in [3.05, 3.63) is 18.5 Å². The molecule has 2 atom stereocenters. The van der Waals surface area contributed by atoms with Crippen LogP contribution in [-0.2, 0) is 14.3 Å².